The fraction of sp³-hybridized carbons (Fsp3) is 0.438. The fourth-order valence-electron chi connectivity index (χ4n) is 1.90. The molecule has 0 atom stereocenters. The molecule has 21 heavy (non-hydrogen) atoms. The molecule has 0 saturated heterocycles. The van der Waals surface area contributed by atoms with E-state index in [0.717, 1.165) is 34.0 Å². The molecule has 1 aromatic heterocycles. The molecule has 2 aromatic rings. The molecule has 0 radical (unpaired) electrons. The number of thiazole rings is 1. The predicted molar refractivity (Wildman–Crippen MR) is 91.9 cm³/mol. The van der Waals surface area contributed by atoms with Crippen LogP contribution in [0.1, 0.15) is 30.1 Å². The van der Waals surface area contributed by atoms with Gasteiger partial charge in [-0.2, -0.15) is 0 Å². The molecule has 114 valence electrons. The lowest BCUT2D eigenvalue weighted by Gasteiger charge is -2.11. The van der Waals surface area contributed by atoms with Crippen LogP contribution in [-0.4, -0.2) is 11.5 Å². The van der Waals surface area contributed by atoms with Crippen LogP contribution in [0.3, 0.4) is 0 Å². The summed E-state index contributed by atoms with van der Waals surface area (Å²) in [6, 6.07) is 6.10. The maximum atomic E-state index is 5.82. The van der Waals surface area contributed by atoms with Crippen molar-refractivity contribution >= 4 is 27.3 Å². The minimum Gasteiger partial charge on any atom is -0.487 e. The lowest BCUT2D eigenvalue weighted by molar-refractivity contribution is 0.301. The van der Waals surface area contributed by atoms with Crippen LogP contribution in [0.25, 0.3) is 0 Å². The first-order valence-electron chi connectivity index (χ1n) is 7.07. The van der Waals surface area contributed by atoms with Crippen molar-refractivity contribution in [2.45, 2.75) is 33.9 Å². The Kier molecular flexibility index (Phi) is 6.21. The highest BCUT2D eigenvalue weighted by Gasteiger charge is 2.05. The number of aryl methyl sites for hydroxylation is 1. The average Bonchev–Trinajstić information content (AvgIpc) is 2.85. The van der Waals surface area contributed by atoms with Gasteiger partial charge < -0.3 is 10.1 Å². The van der Waals surface area contributed by atoms with Gasteiger partial charge in [0.2, 0.25) is 0 Å². The van der Waals surface area contributed by atoms with Crippen LogP contribution in [0.4, 0.5) is 0 Å². The van der Waals surface area contributed by atoms with Gasteiger partial charge in [-0.05, 0) is 43.1 Å². The molecule has 0 aliphatic carbocycles. The maximum Gasteiger partial charge on any atom is 0.131 e. The summed E-state index contributed by atoms with van der Waals surface area (Å²) in [6.07, 6.45) is 0. The zero-order valence-electron chi connectivity index (χ0n) is 12.6. The Hall–Kier alpha value is -0.910. The van der Waals surface area contributed by atoms with E-state index in [1.165, 1.54) is 5.56 Å². The summed E-state index contributed by atoms with van der Waals surface area (Å²) in [5.41, 5.74) is 2.20. The Morgan fingerprint density at radius 3 is 2.86 bits per heavy atom. The molecular formula is C16H21BrN2OS. The lowest BCUT2D eigenvalue weighted by atomic mass is 10.2. The van der Waals surface area contributed by atoms with E-state index >= 15 is 0 Å². The first kappa shape index (κ1) is 16.5. The Balaban J connectivity index is 1.94. The van der Waals surface area contributed by atoms with Gasteiger partial charge in [0, 0.05) is 16.4 Å². The molecule has 0 amide bonds. The molecule has 3 nitrogen and oxygen atoms in total. The van der Waals surface area contributed by atoms with Crippen molar-refractivity contribution in [1.29, 1.82) is 0 Å². The van der Waals surface area contributed by atoms with Gasteiger partial charge in [-0.3, -0.25) is 0 Å². The van der Waals surface area contributed by atoms with Crippen molar-refractivity contribution in [2.24, 2.45) is 5.92 Å². The third-order valence-corrected chi connectivity index (χ3v) is 4.53. The van der Waals surface area contributed by atoms with Gasteiger partial charge in [-0.25, -0.2) is 4.98 Å². The third kappa shape index (κ3) is 5.41. The summed E-state index contributed by atoms with van der Waals surface area (Å²) in [5.74, 6) is 1.53. The number of halogens is 1. The molecule has 2 rings (SSSR count). The van der Waals surface area contributed by atoms with Crippen LogP contribution in [0, 0.1) is 12.8 Å². The highest BCUT2D eigenvalue weighted by atomic mass is 79.9. The van der Waals surface area contributed by atoms with E-state index in [1.54, 1.807) is 11.3 Å². The average molecular weight is 369 g/mol. The standard InChI is InChI=1S/C16H21BrN2OS/c1-11(2)7-18-8-13-6-15(4-5-16(13)17)20-9-14-10-21-12(3)19-14/h4-6,10-11,18H,7-9H2,1-3H3. The van der Waals surface area contributed by atoms with Crippen LogP contribution < -0.4 is 10.1 Å². The van der Waals surface area contributed by atoms with Crippen LogP contribution in [0.15, 0.2) is 28.1 Å². The monoisotopic (exact) mass is 368 g/mol. The second-order valence-electron chi connectivity index (χ2n) is 5.42. The maximum absolute atomic E-state index is 5.82. The first-order valence-corrected chi connectivity index (χ1v) is 8.75. The van der Waals surface area contributed by atoms with Gasteiger partial charge in [0.05, 0.1) is 10.7 Å². The first-order chi connectivity index (χ1) is 10.0. The molecule has 0 aliphatic heterocycles. The van der Waals surface area contributed by atoms with Crippen molar-refractivity contribution in [3.05, 3.63) is 44.3 Å². The van der Waals surface area contributed by atoms with E-state index < -0.39 is 0 Å². The molecule has 5 heteroatoms. The fourth-order valence-corrected chi connectivity index (χ4v) is 2.89. The topological polar surface area (TPSA) is 34.1 Å². The van der Waals surface area contributed by atoms with Crippen molar-refractivity contribution in [3.8, 4) is 5.75 Å². The van der Waals surface area contributed by atoms with Crippen molar-refractivity contribution in [3.63, 3.8) is 0 Å². The van der Waals surface area contributed by atoms with Crippen LogP contribution >= 0.6 is 27.3 Å². The summed E-state index contributed by atoms with van der Waals surface area (Å²) in [4.78, 5) is 4.41. The number of ether oxygens (including phenoxy) is 1. The molecule has 0 fully saturated rings. The van der Waals surface area contributed by atoms with Crippen molar-refractivity contribution in [1.82, 2.24) is 10.3 Å². The molecule has 1 heterocycles. The second kappa shape index (κ2) is 7.92. The van der Waals surface area contributed by atoms with Crippen LogP contribution in [0.5, 0.6) is 5.75 Å². The number of benzene rings is 1. The van der Waals surface area contributed by atoms with Crippen molar-refractivity contribution < 1.29 is 4.74 Å². The summed E-state index contributed by atoms with van der Waals surface area (Å²) >= 11 is 5.24. The van der Waals surface area contributed by atoms with Crippen molar-refractivity contribution in [2.75, 3.05) is 6.54 Å². The zero-order valence-corrected chi connectivity index (χ0v) is 15.1. The van der Waals surface area contributed by atoms with Gasteiger partial charge in [0.1, 0.15) is 12.4 Å². The molecule has 1 aromatic carbocycles. The van der Waals surface area contributed by atoms with E-state index in [-0.39, 0.29) is 0 Å². The quantitative estimate of drug-likeness (QED) is 0.778. The lowest BCUT2D eigenvalue weighted by Crippen LogP contribution is -2.19. The minimum atomic E-state index is 0.519. The van der Waals surface area contributed by atoms with E-state index in [2.05, 4.69) is 46.1 Å². The normalized spacial score (nSPS) is 11.1. The molecular weight excluding hydrogens is 348 g/mol. The number of aromatic nitrogens is 1. The van der Waals surface area contributed by atoms with Gasteiger partial charge in [-0.1, -0.05) is 29.8 Å². The summed E-state index contributed by atoms with van der Waals surface area (Å²) in [7, 11) is 0. The van der Waals surface area contributed by atoms with Crippen LogP contribution in [-0.2, 0) is 13.2 Å². The molecule has 0 aliphatic rings. The summed E-state index contributed by atoms with van der Waals surface area (Å²) in [6.45, 7) is 8.79. The Morgan fingerprint density at radius 2 is 2.19 bits per heavy atom. The predicted octanol–water partition coefficient (Wildman–Crippen LogP) is 4.54. The Labute approximate surface area is 138 Å². The van der Waals surface area contributed by atoms with Gasteiger partial charge >= 0.3 is 0 Å². The Bertz CT molecular complexity index is 583. The molecule has 0 unspecified atom stereocenters. The van der Waals surface area contributed by atoms with Gasteiger partial charge in [0.15, 0.2) is 0 Å². The van der Waals surface area contributed by atoms with E-state index in [1.807, 2.05) is 24.4 Å². The SMILES string of the molecule is Cc1nc(COc2ccc(Br)c(CNCC(C)C)c2)cs1. The highest BCUT2D eigenvalue weighted by Crippen LogP contribution is 2.23. The second-order valence-corrected chi connectivity index (χ2v) is 7.34. The zero-order chi connectivity index (χ0) is 15.2. The number of hydrogen-bond donors (Lipinski definition) is 1. The molecule has 0 bridgehead atoms. The van der Waals surface area contributed by atoms with E-state index in [4.69, 9.17) is 4.74 Å². The smallest absolute Gasteiger partial charge is 0.131 e. The van der Waals surface area contributed by atoms with Crippen LogP contribution in [0.2, 0.25) is 0 Å². The Morgan fingerprint density at radius 1 is 1.38 bits per heavy atom. The highest BCUT2D eigenvalue weighted by molar-refractivity contribution is 9.10. The largest absolute Gasteiger partial charge is 0.487 e. The number of hydrogen-bond acceptors (Lipinski definition) is 4. The molecule has 0 spiro atoms. The molecule has 0 saturated carbocycles. The number of rotatable bonds is 7. The number of nitrogens with one attached hydrogen (secondary N) is 1. The van der Waals surface area contributed by atoms with E-state index in [9.17, 15) is 0 Å². The third-order valence-electron chi connectivity index (χ3n) is 2.94. The van der Waals surface area contributed by atoms with Gasteiger partial charge in [-0.15, -0.1) is 11.3 Å². The summed E-state index contributed by atoms with van der Waals surface area (Å²) in [5, 5.41) is 6.56. The van der Waals surface area contributed by atoms with E-state index in [0.29, 0.717) is 12.5 Å². The summed E-state index contributed by atoms with van der Waals surface area (Å²) < 4.78 is 6.93. The van der Waals surface area contributed by atoms with Gasteiger partial charge in [0.25, 0.3) is 0 Å². The number of nitrogens with zero attached hydrogens (tertiary/aromatic N) is 1. The molecule has 1 N–H and O–H groups in total. The minimum absolute atomic E-state index is 0.519.